The third kappa shape index (κ3) is 4.92. The van der Waals surface area contributed by atoms with Gasteiger partial charge in [-0.2, -0.15) is 0 Å². The summed E-state index contributed by atoms with van der Waals surface area (Å²) in [5, 5.41) is 4.76. The fourth-order valence-electron chi connectivity index (χ4n) is 2.41. The standard InChI is InChI=1S/C18H20N2O3/c1-12(21)6-9-16(18(19)23)20-17(22)11-13-7-8-14-4-2-3-5-15(14)10-13/h2-5,7-8,10,16H,6,9,11H2,1H3,(H2,19,23)(H,20,22)/t16-/m1/s1. The number of hydrogen-bond donors (Lipinski definition) is 2. The second-order valence-corrected chi connectivity index (χ2v) is 5.62. The van der Waals surface area contributed by atoms with E-state index < -0.39 is 11.9 Å². The van der Waals surface area contributed by atoms with E-state index in [4.69, 9.17) is 5.73 Å². The molecular formula is C18H20N2O3. The number of benzene rings is 2. The van der Waals surface area contributed by atoms with Crippen LogP contribution in [0.4, 0.5) is 0 Å². The van der Waals surface area contributed by atoms with Crippen molar-refractivity contribution < 1.29 is 14.4 Å². The summed E-state index contributed by atoms with van der Waals surface area (Å²) in [6.07, 6.45) is 0.604. The lowest BCUT2D eigenvalue weighted by atomic mass is 10.0. The molecule has 3 N–H and O–H groups in total. The highest BCUT2D eigenvalue weighted by molar-refractivity contribution is 5.89. The molecule has 0 fully saturated rings. The van der Waals surface area contributed by atoms with Crippen LogP contribution in [0.3, 0.4) is 0 Å². The van der Waals surface area contributed by atoms with E-state index in [9.17, 15) is 14.4 Å². The molecule has 0 aliphatic rings. The van der Waals surface area contributed by atoms with Gasteiger partial charge < -0.3 is 15.8 Å². The lowest BCUT2D eigenvalue weighted by Gasteiger charge is -2.15. The van der Waals surface area contributed by atoms with Crippen molar-refractivity contribution >= 4 is 28.4 Å². The van der Waals surface area contributed by atoms with E-state index in [1.165, 1.54) is 6.92 Å². The SMILES string of the molecule is CC(=O)CC[C@@H](NC(=O)Cc1ccc2ccccc2c1)C(N)=O. The number of amides is 2. The van der Waals surface area contributed by atoms with Gasteiger partial charge in [-0.25, -0.2) is 0 Å². The van der Waals surface area contributed by atoms with Crippen LogP contribution in [0.2, 0.25) is 0 Å². The van der Waals surface area contributed by atoms with E-state index in [2.05, 4.69) is 5.32 Å². The Bertz CT molecular complexity index is 740. The normalized spacial score (nSPS) is 11.9. The average molecular weight is 312 g/mol. The number of primary amides is 1. The maximum Gasteiger partial charge on any atom is 0.240 e. The number of nitrogens with two attached hydrogens (primary N) is 1. The van der Waals surface area contributed by atoms with Crippen LogP contribution >= 0.6 is 0 Å². The van der Waals surface area contributed by atoms with Gasteiger partial charge in [-0.15, -0.1) is 0 Å². The molecule has 0 spiro atoms. The molecule has 0 saturated heterocycles. The van der Waals surface area contributed by atoms with Crippen molar-refractivity contribution in [1.82, 2.24) is 5.32 Å². The largest absolute Gasteiger partial charge is 0.368 e. The van der Waals surface area contributed by atoms with Crippen LogP contribution in [-0.4, -0.2) is 23.6 Å². The number of hydrogen-bond acceptors (Lipinski definition) is 3. The average Bonchev–Trinajstić information content (AvgIpc) is 2.50. The van der Waals surface area contributed by atoms with Crippen molar-refractivity contribution in [2.75, 3.05) is 0 Å². The highest BCUT2D eigenvalue weighted by Gasteiger charge is 2.18. The molecule has 0 aromatic heterocycles. The fraction of sp³-hybridized carbons (Fsp3) is 0.278. The van der Waals surface area contributed by atoms with Crippen LogP contribution in [-0.2, 0) is 20.8 Å². The molecule has 5 nitrogen and oxygen atoms in total. The van der Waals surface area contributed by atoms with Gasteiger partial charge in [0.25, 0.3) is 0 Å². The predicted octanol–water partition coefficient (Wildman–Crippen LogP) is 1.72. The van der Waals surface area contributed by atoms with Crippen LogP contribution in [0.5, 0.6) is 0 Å². The second kappa shape index (κ2) is 7.54. The van der Waals surface area contributed by atoms with Gasteiger partial charge in [0.05, 0.1) is 6.42 Å². The van der Waals surface area contributed by atoms with Crippen molar-refractivity contribution in [3.63, 3.8) is 0 Å². The Hall–Kier alpha value is -2.69. The lowest BCUT2D eigenvalue weighted by molar-refractivity contribution is -0.127. The van der Waals surface area contributed by atoms with E-state index in [0.717, 1.165) is 16.3 Å². The van der Waals surface area contributed by atoms with Gasteiger partial charge in [0.2, 0.25) is 11.8 Å². The van der Waals surface area contributed by atoms with Crippen LogP contribution in [0.15, 0.2) is 42.5 Å². The van der Waals surface area contributed by atoms with Gasteiger partial charge in [-0.3, -0.25) is 9.59 Å². The summed E-state index contributed by atoms with van der Waals surface area (Å²) in [4.78, 5) is 34.5. The summed E-state index contributed by atoms with van der Waals surface area (Å²) in [7, 11) is 0. The highest BCUT2D eigenvalue weighted by atomic mass is 16.2. The van der Waals surface area contributed by atoms with Crippen LogP contribution in [0, 0.1) is 0 Å². The minimum Gasteiger partial charge on any atom is -0.368 e. The smallest absolute Gasteiger partial charge is 0.240 e. The van der Waals surface area contributed by atoms with Crippen molar-refractivity contribution in [2.24, 2.45) is 5.73 Å². The van der Waals surface area contributed by atoms with E-state index in [0.29, 0.717) is 0 Å². The monoisotopic (exact) mass is 312 g/mol. The Morgan fingerprint density at radius 3 is 2.43 bits per heavy atom. The Balaban J connectivity index is 2.01. The Kier molecular flexibility index (Phi) is 5.46. The second-order valence-electron chi connectivity index (χ2n) is 5.62. The first kappa shape index (κ1) is 16.7. The molecule has 0 unspecified atom stereocenters. The molecule has 0 bridgehead atoms. The van der Waals surface area contributed by atoms with E-state index in [-0.39, 0.29) is 31.0 Å². The molecule has 0 aliphatic heterocycles. The molecule has 0 heterocycles. The number of rotatable bonds is 7. The number of carbonyl (C=O) groups is 3. The number of ketones is 1. The molecule has 2 amide bonds. The van der Waals surface area contributed by atoms with E-state index in [1.807, 2.05) is 42.5 Å². The molecule has 5 heteroatoms. The van der Waals surface area contributed by atoms with Crippen LogP contribution in [0.1, 0.15) is 25.3 Å². The quantitative estimate of drug-likeness (QED) is 0.816. The molecule has 2 rings (SSSR count). The van der Waals surface area contributed by atoms with Crippen LogP contribution < -0.4 is 11.1 Å². The maximum absolute atomic E-state index is 12.1. The third-order valence-corrected chi connectivity index (χ3v) is 3.64. The van der Waals surface area contributed by atoms with Crippen molar-refractivity contribution in [3.05, 3.63) is 48.0 Å². The molecule has 0 aliphatic carbocycles. The number of nitrogens with one attached hydrogen (secondary N) is 1. The van der Waals surface area contributed by atoms with E-state index >= 15 is 0 Å². The molecule has 0 saturated carbocycles. The van der Waals surface area contributed by atoms with Gasteiger partial charge in [0.15, 0.2) is 0 Å². The molecule has 1 atom stereocenters. The third-order valence-electron chi connectivity index (χ3n) is 3.64. The fourth-order valence-corrected chi connectivity index (χ4v) is 2.41. The number of carbonyl (C=O) groups excluding carboxylic acids is 3. The summed E-state index contributed by atoms with van der Waals surface area (Å²) in [5.74, 6) is -0.953. The summed E-state index contributed by atoms with van der Waals surface area (Å²) >= 11 is 0. The first-order chi connectivity index (χ1) is 11.0. The van der Waals surface area contributed by atoms with Crippen molar-refractivity contribution in [3.8, 4) is 0 Å². The summed E-state index contributed by atoms with van der Waals surface area (Å²) in [6, 6.07) is 12.9. The predicted molar refractivity (Wildman–Crippen MR) is 88.7 cm³/mol. The molecule has 2 aromatic carbocycles. The number of Topliss-reactive ketones (excluding diaryl/α,β-unsaturated/α-hetero) is 1. The van der Waals surface area contributed by atoms with Crippen molar-refractivity contribution in [1.29, 1.82) is 0 Å². The molecule has 120 valence electrons. The lowest BCUT2D eigenvalue weighted by Crippen LogP contribution is -2.45. The minimum absolute atomic E-state index is 0.0416. The molecule has 2 aromatic rings. The summed E-state index contributed by atoms with van der Waals surface area (Å²) in [6.45, 7) is 1.44. The van der Waals surface area contributed by atoms with Gasteiger partial charge in [-0.1, -0.05) is 42.5 Å². The molecule has 0 radical (unpaired) electrons. The van der Waals surface area contributed by atoms with Crippen molar-refractivity contribution in [2.45, 2.75) is 32.2 Å². The zero-order chi connectivity index (χ0) is 16.8. The summed E-state index contributed by atoms with van der Waals surface area (Å²) < 4.78 is 0. The topological polar surface area (TPSA) is 89.3 Å². The van der Waals surface area contributed by atoms with Gasteiger partial charge in [-0.05, 0) is 29.7 Å². The van der Waals surface area contributed by atoms with Gasteiger partial charge in [0.1, 0.15) is 11.8 Å². The maximum atomic E-state index is 12.1. The Labute approximate surface area is 134 Å². The molecule has 23 heavy (non-hydrogen) atoms. The molecular weight excluding hydrogens is 292 g/mol. The van der Waals surface area contributed by atoms with E-state index in [1.54, 1.807) is 0 Å². The van der Waals surface area contributed by atoms with Crippen LogP contribution in [0.25, 0.3) is 10.8 Å². The summed E-state index contributed by atoms with van der Waals surface area (Å²) in [5.41, 5.74) is 6.13. The zero-order valence-electron chi connectivity index (χ0n) is 13.0. The Morgan fingerprint density at radius 2 is 1.78 bits per heavy atom. The first-order valence-electron chi connectivity index (χ1n) is 7.51. The minimum atomic E-state index is -0.813. The first-order valence-corrected chi connectivity index (χ1v) is 7.51. The van der Waals surface area contributed by atoms with Gasteiger partial charge >= 0.3 is 0 Å². The number of fused-ring (bicyclic) bond motifs is 1. The Morgan fingerprint density at radius 1 is 1.09 bits per heavy atom. The van der Waals surface area contributed by atoms with Gasteiger partial charge in [0, 0.05) is 6.42 Å². The zero-order valence-corrected chi connectivity index (χ0v) is 13.0. The highest BCUT2D eigenvalue weighted by Crippen LogP contribution is 2.16.